The number of aryl methyl sites for hydroxylation is 1. The lowest BCUT2D eigenvalue weighted by Gasteiger charge is -2.14. The number of carbonyl (C=O) groups is 2. The number of ether oxygens (including phenoxy) is 2. The average Bonchev–Trinajstić information content (AvgIpc) is 3.42. The third kappa shape index (κ3) is 6.85. The molecule has 1 heterocycles. The zero-order valence-corrected chi connectivity index (χ0v) is 25.0. The van der Waals surface area contributed by atoms with Crippen molar-refractivity contribution < 1.29 is 24.2 Å². The van der Waals surface area contributed by atoms with Gasteiger partial charge in [0.1, 0.15) is 6.61 Å². The number of nitrogens with one attached hydrogen (secondary N) is 1. The number of carbonyl (C=O) groups excluding carboxylic acids is 1. The van der Waals surface area contributed by atoms with Crippen LogP contribution in [0.3, 0.4) is 0 Å². The fourth-order valence-corrected chi connectivity index (χ4v) is 5.14. The van der Waals surface area contributed by atoms with Crippen LogP contribution in [0.2, 0.25) is 0 Å². The zero-order valence-electron chi connectivity index (χ0n) is 23.5. The van der Waals surface area contributed by atoms with Gasteiger partial charge in [-0.15, -0.1) is 0 Å². The van der Waals surface area contributed by atoms with Gasteiger partial charge in [-0.2, -0.15) is 5.10 Å². The minimum atomic E-state index is -0.983. The Labute approximate surface area is 257 Å². The molecule has 9 heteroatoms. The molecule has 0 fully saturated rings. The largest absolute Gasteiger partial charge is 0.493 e. The van der Waals surface area contributed by atoms with Gasteiger partial charge in [-0.05, 0) is 100 Å². The van der Waals surface area contributed by atoms with E-state index in [9.17, 15) is 9.59 Å². The van der Waals surface area contributed by atoms with Gasteiger partial charge in [-0.1, -0.05) is 42.5 Å². The topological polar surface area (TPSA) is 102 Å². The first-order valence-corrected chi connectivity index (χ1v) is 14.1. The third-order valence-corrected chi connectivity index (χ3v) is 7.34. The number of aromatic nitrogens is 1. The number of amides is 1. The van der Waals surface area contributed by atoms with Crippen molar-refractivity contribution in [1.82, 2.24) is 9.99 Å². The Bertz CT molecular complexity index is 1780. The van der Waals surface area contributed by atoms with Crippen molar-refractivity contribution in [2.45, 2.75) is 13.5 Å². The smallest absolute Gasteiger partial charge is 0.335 e. The predicted molar refractivity (Wildman–Crippen MR) is 169 cm³/mol. The number of carboxylic acids is 1. The molecule has 0 saturated heterocycles. The molecule has 1 amide bonds. The van der Waals surface area contributed by atoms with Crippen molar-refractivity contribution in [1.29, 1.82) is 0 Å². The number of hydrazone groups is 1. The lowest BCUT2D eigenvalue weighted by Crippen LogP contribution is -2.17. The van der Waals surface area contributed by atoms with Crippen LogP contribution in [0.25, 0.3) is 16.9 Å². The van der Waals surface area contributed by atoms with Gasteiger partial charge in [0.2, 0.25) is 0 Å². The number of nitrogens with zero attached hydrogens (tertiary/aromatic N) is 2. The second-order valence-corrected chi connectivity index (χ2v) is 10.5. The first-order valence-electron chi connectivity index (χ1n) is 13.3. The summed E-state index contributed by atoms with van der Waals surface area (Å²) in [5.41, 5.74) is 8.98. The molecule has 0 unspecified atom stereocenters. The van der Waals surface area contributed by atoms with Crippen LogP contribution in [-0.2, 0) is 6.61 Å². The van der Waals surface area contributed by atoms with Crippen LogP contribution in [0.5, 0.6) is 11.5 Å². The average molecular weight is 639 g/mol. The Kier molecular flexibility index (Phi) is 9.02. The molecule has 1 aromatic heterocycles. The second kappa shape index (κ2) is 13.2. The van der Waals surface area contributed by atoms with Crippen LogP contribution in [0.1, 0.15) is 37.5 Å². The molecule has 0 atom stereocenters. The standard InChI is InChI=1S/C34H28BrN3O5/c1-22-8-17-30(25-6-4-3-5-7-25)38(22)28-15-13-26(14-16-28)33(39)37-36-20-24-18-29(35)32(31(19-24)42-2)43-21-23-9-11-27(12-10-23)34(40)41/h3-20H,21H2,1-2H3,(H,37,39)(H,40,41)/b36-20+. The summed E-state index contributed by atoms with van der Waals surface area (Å²) >= 11 is 3.51. The van der Waals surface area contributed by atoms with Crippen LogP contribution in [0.4, 0.5) is 0 Å². The van der Waals surface area contributed by atoms with Gasteiger partial charge in [-0.3, -0.25) is 4.79 Å². The Morgan fingerprint density at radius 2 is 1.63 bits per heavy atom. The van der Waals surface area contributed by atoms with Crippen LogP contribution >= 0.6 is 15.9 Å². The summed E-state index contributed by atoms with van der Waals surface area (Å²) in [7, 11) is 1.53. The third-order valence-electron chi connectivity index (χ3n) is 6.75. The van der Waals surface area contributed by atoms with Crippen LogP contribution in [0.15, 0.2) is 113 Å². The molecule has 8 nitrogen and oxygen atoms in total. The molecular formula is C34H28BrN3O5. The maximum Gasteiger partial charge on any atom is 0.335 e. The maximum absolute atomic E-state index is 12.8. The van der Waals surface area contributed by atoms with Crippen molar-refractivity contribution in [3.05, 3.63) is 136 Å². The first-order chi connectivity index (χ1) is 20.8. The monoisotopic (exact) mass is 637 g/mol. The van der Waals surface area contributed by atoms with Gasteiger partial charge >= 0.3 is 5.97 Å². The summed E-state index contributed by atoms with van der Waals surface area (Å²) in [6, 6.07) is 31.7. The van der Waals surface area contributed by atoms with E-state index in [0.29, 0.717) is 27.1 Å². The highest BCUT2D eigenvalue weighted by Crippen LogP contribution is 2.37. The predicted octanol–water partition coefficient (Wildman–Crippen LogP) is 7.26. The minimum Gasteiger partial charge on any atom is -0.493 e. The van der Waals surface area contributed by atoms with E-state index in [-0.39, 0.29) is 18.1 Å². The fourth-order valence-electron chi connectivity index (χ4n) is 4.56. The SMILES string of the molecule is COc1cc(/C=N/NC(=O)c2ccc(-n3c(C)ccc3-c3ccccc3)cc2)cc(Br)c1OCc1ccc(C(=O)O)cc1. The van der Waals surface area contributed by atoms with Gasteiger partial charge in [0.05, 0.1) is 29.1 Å². The lowest BCUT2D eigenvalue weighted by atomic mass is 10.1. The van der Waals surface area contributed by atoms with E-state index in [4.69, 9.17) is 14.6 Å². The van der Waals surface area contributed by atoms with Crippen LogP contribution < -0.4 is 14.9 Å². The van der Waals surface area contributed by atoms with E-state index in [1.807, 2.05) is 30.3 Å². The molecule has 216 valence electrons. The van der Waals surface area contributed by atoms with Crippen molar-refractivity contribution in [2.75, 3.05) is 7.11 Å². The molecule has 5 rings (SSSR count). The van der Waals surface area contributed by atoms with Crippen LogP contribution in [-0.4, -0.2) is 34.9 Å². The highest BCUT2D eigenvalue weighted by molar-refractivity contribution is 9.10. The van der Waals surface area contributed by atoms with Crippen molar-refractivity contribution in [3.63, 3.8) is 0 Å². The molecule has 0 spiro atoms. The normalized spacial score (nSPS) is 11.0. The summed E-state index contributed by atoms with van der Waals surface area (Å²) in [6.07, 6.45) is 1.52. The second-order valence-electron chi connectivity index (χ2n) is 9.63. The van der Waals surface area contributed by atoms with Crippen molar-refractivity contribution >= 4 is 34.0 Å². The Morgan fingerprint density at radius 3 is 2.30 bits per heavy atom. The highest BCUT2D eigenvalue weighted by atomic mass is 79.9. The molecule has 0 bridgehead atoms. The molecule has 43 heavy (non-hydrogen) atoms. The van der Waals surface area contributed by atoms with Gasteiger partial charge < -0.3 is 19.1 Å². The molecule has 4 aromatic carbocycles. The van der Waals surface area contributed by atoms with Crippen LogP contribution in [0, 0.1) is 6.92 Å². The van der Waals surface area contributed by atoms with Crippen molar-refractivity contribution in [2.24, 2.45) is 5.10 Å². The number of carboxylic acid groups (broad SMARTS) is 1. The van der Waals surface area contributed by atoms with Gasteiger partial charge in [0.15, 0.2) is 11.5 Å². The van der Waals surface area contributed by atoms with E-state index in [1.165, 1.54) is 25.5 Å². The number of aromatic carboxylic acids is 1. The van der Waals surface area contributed by atoms with Crippen molar-refractivity contribution in [3.8, 4) is 28.4 Å². The van der Waals surface area contributed by atoms with E-state index in [2.05, 4.69) is 62.2 Å². The van der Waals surface area contributed by atoms with E-state index in [1.54, 1.807) is 36.4 Å². The first kappa shape index (κ1) is 29.3. The molecule has 0 aliphatic carbocycles. The molecule has 0 radical (unpaired) electrons. The minimum absolute atomic E-state index is 0.208. The summed E-state index contributed by atoms with van der Waals surface area (Å²) < 4.78 is 14.2. The maximum atomic E-state index is 12.8. The number of halogens is 1. The number of benzene rings is 4. The van der Waals surface area contributed by atoms with Gasteiger partial charge in [-0.25, -0.2) is 10.2 Å². The number of hydrogen-bond acceptors (Lipinski definition) is 5. The number of hydrogen-bond donors (Lipinski definition) is 2. The highest BCUT2D eigenvalue weighted by Gasteiger charge is 2.13. The molecule has 0 aliphatic heterocycles. The Morgan fingerprint density at radius 1 is 0.930 bits per heavy atom. The van der Waals surface area contributed by atoms with E-state index < -0.39 is 5.97 Å². The van der Waals surface area contributed by atoms with Gasteiger partial charge in [0, 0.05) is 16.9 Å². The molecule has 5 aromatic rings. The zero-order chi connectivity index (χ0) is 30.3. The van der Waals surface area contributed by atoms with E-state index in [0.717, 1.165) is 28.2 Å². The van der Waals surface area contributed by atoms with Gasteiger partial charge in [0.25, 0.3) is 5.91 Å². The summed E-state index contributed by atoms with van der Waals surface area (Å²) in [5, 5.41) is 13.2. The quantitative estimate of drug-likeness (QED) is 0.124. The molecule has 2 N–H and O–H groups in total. The number of methoxy groups -OCH3 is 1. The summed E-state index contributed by atoms with van der Waals surface area (Å²) in [4.78, 5) is 23.9. The Balaban J connectivity index is 1.23. The lowest BCUT2D eigenvalue weighted by molar-refractivity contribution is 0.0696. The van der Waals surface area contributed by atoms with E-state index >= 15 is 0 Å². The number of rotatable bonds is 10. The summed E-state index contributed by atoms with van der Waals surface area (Å²) in [6.45, 7) is 2.27. The molecule has 0 aliphatic rings. The summed E-state index contributed by atoms with van der Waals surface area (Å²) in [5.74, 6) is -0.367. The molecular weight excluding hydrogens is 610 g/mol. The molecule has 0 saturated carbocycles. The fraction of sp³-hybridized carbons (Fsp3) is 0.0882. The Hall–Kier alpha value is -5.15.